The molecule has 4 nitrogen and oxygen atoms in total. The molecular weight excluding hydrogens is 169 g/mol. The van der Waals surface area contributed by atoms with Gasteiger partial charge in [0.25, 0.3) is 0 Å². The number of quaternary nitrogens is 1. The minimum absolute atomic E-state index is 0.0982. The van der Waals surface area contributed by atoms with Crippen molar-refractivity contribution in [3.05, 3.63) is 0 Å². The third-order valence-corrected chi connectivity index (χ3v) is 0.975. The van der Waals surface area contributed by atoms with Crippen LogP contribution in [0.1, 0.15) is 6.92 Å². The highest BCUT2D eigenvalue weighted by molar-refractivity contribution is 6.27. The van der Waals surface area contributed by atoms with Crippen LogP contribution in [-0.4, -0.2) is 16.4 Å². The molecule has 0 heterocycles. The Labute approximate surface area is 62.3 Å². The van der Waals surface area contributed by atoms with E-state index in [1.807, 2.05) is 0 Å². The molecule has 9 heavy (non-hydrogen) atoms. The van der Waals surface area contributed by atoms with Crippen LogP contribution in [0.2, 0.25) is 0 Å². The number of carboxylic acid groups (broad SMARTS) is 1. The average Bonchev–Trinajstić information content (AvgIpc) is 1.65. The van der Waals surface area contributed by atoms with Gasteiger partial charge in [0.1, 0.15) is 6.61 Å². The summed E-state index contributed by atoms with van der Waals surface area (Å²) in [6.07, 6.45) is -1.71. The molecular formula is C3H5Cl2NO3. The first-order valence-corrected chi connectivity index (χ1v) is 2.82. The van der Waals surface area contributed by atoms with Crippen LogP contribution in [0, 0.1) is 0 Å². The molecule has 54 valence electrons. The van der Waals surface area contributed by atoms with E-state index in [2.05, 4.69) is 4.84 Å². The van der Waals surface area contributed by atoms with Gasteiger partial charge in [0.15, 0.2) is 0 Å². The maximum absolute atomic E-state index is 9.88. The molecule has 0 aliphatic rings. The summed E-state index contributed by atoms with van der Waals surface area (Å²) in [5, 5.41) is 9.88. The highest BCUT2D eigenvalue weighted by atomic mass is 35.5. The number of hydrogen-bond acceptors (Lipinski definition) is 3. The summed E-state index contributed by atoms with van der Waals surface area (Å²) in [4.78, 5) is 14.2. The molecule has 0 aromatic carbocycles. The molecule has 0 saturated heterocycles. The summed E-state index contributed by atoms with van der Waals surface area (Å²) < 4.78 is -1.60. The second-order valence-electron chi connectivity index (χ2n) is 1.15. The van der Waals surface area contributed by atoms with Crippen molar-refractivity contribution in [3.8, 4) is 0 Å². The minimum Gasteiger partial charge on any atom is -0.493 e. The van der Waals surface area contributed by atoms with Crippen LogP contribution in [0.5, 0.6) is 0 Å². The molecule has 0 spiro atoms. The second kappa shape index (κ2) is 3.22. The smallest absolute Gasteiger partial charge is 0.332 e. The fourth-order valence-corrected chi connectivity index (χ4v) is 0.410. The number of carbonyl (C=O) groups is 1. The van der Waals surface area contributed by atoms with Gasteiger partial charge in [-0.1, -0.05) is 0 Å². The normalized spacial score (nSPS) is 11.4. The van der Waals surface area contributed by atoms with E-state index in [4.69, 9.17) is 23.6 Å². The van der Waals surface area contributed by atoms with E-state index in [0.29, 0.717) is 0 Å². The van der Waals surface area contributed by atoms with Crippen molar-refractivity contribution in [2.45, 2.75) is 6.92 Å². The third kappa shape index (κ3) is 2.86. The van der Waals surface area contributed by atoms with Gasteiger partial charge in [-0.3, -0.25) is 0 Å². The molecule has 0 saturated carbocycles. The van der Waals surface area contributed by atoms with Gasteiger partial charge in [-0.25, -0.2) is 0 Å². The fraction of sp³-hybridized carbons (Fsp3) is 0.667. The molecule has 0 atom stereocenters. The zero-order valence-electron chi connectivity index (χ0n) is 4.63. The molecule has 0 fully saturated rings. The minimum atomic E-state index is -1.71. The zero-order chi connectivity index (χ0) is 7.49. The Bertz CT molecular complexity index is 116. The van der Waals surface area contributed by atoms with Crippen LogP contribution in [0.3, 0.4) is 0 Å². The van der Waals surface area contributed by atoms with Crippen molar-refractivity contribution in [3.63, 3.8) is 0 Å². The van der Waals surface area contributed by atoms with Gasteiger partial charge >= 0.3 is 6.09 Å². The van der Waals surface area contributed by atoms with E-state index in [9.17, 15) is 9.90 Å². The van der Waals surface area contributed by atoms with E-state index in [-0.39, 0.29) is 6.61 Å². The van der Waals surface area contributed by atoms with E-state index in [1.54, 1.807) is 6.92 Å². The number of halogens is 2. The molecule has 0 rings (SSSR count). The van der Waals surface area contributed by atoms with Gasteiger partial charge in [-0.15, -0.1) is 0 Å². The Hall–Kier alpha value is -0.0300. The molecule has 0 aromatic heterocycles. The van der Waals surface area contributed by atoms with Crippen molar-refractivity contribution < 1.29 is 18.4 Å². The van der Waals surface area contributed by atoms with Crippen molar-refractivity contribution in [2.75, 3.05) is 6.61 Å². The highest BCUT2D eigenvalue weighted by Crippen LogP contribution is 2.16. The van der Waals surface area contributed by atoms with Gasteiger partial charge in [-0.2, -0.15) is 4.84 Å². The summed E-state index contributed by atoms with van der Waals surface area (Å²) in [6.45, 7) is 1.65. The van der Waals surface area contributed by atoms with E-state index in [0.717, 1.165) is 0 Å². The average molecular weight is 174 g/mol. The fourth-order valence-electron chi connectivity index (χ4n) is 0.215. The highest BCUT2D eigenvalue weighted by Gasteiger charge is 2.29. The zero-order valence-corrected chi connectivity index (χ0v) is 6.15. The topological polar surface area (TPSA) is 49.4 Å². The quantitative estimate of drug-likeness (QED) is 0.449. The lowest BCUT2D eigenvalue weighted by atomic mass is 10.9. The summed E-state index contributed by atoms with van der Waals surface area (Å²) >= 11 is 9.98. The molecule has 0 aliphatic heterocycles. The Morgan fingerprint density at radius 3 is 2.33 bits per heavy atom. The van der Waals surface area contributed by atoms with Gasteiger partial charge in [0.2, 0.25) is 23.6 Å². The molecule has 0 bridgehead atoms. The van der Waals surface area contributed by atoms with E-state index >= 15 is 0 Å². The largest absolute Gasteiger partial charge is 0.493 e. The van der Waals surface area contributed by atoms with Crippen LogP contribution in [0.15, 0.2) is 0 Å². The summed E-state index contributed by atoms with van der Waals surface area (Å²) in [5.74, 6) is 0. The Morgan fingerprint density at radius 2 is 2.22 bits per heavy atom. The molecule has 0 unspecified atom stereocenters. The summed E-state index contributed by atoms with van der Waals surface area (Å²) in [6, 6.07) is 0. The lowest BCUT2D eigenvalue weighted by molar-refractivity contribution is -0.871. The summed E-state index contributed by atoms with van der Waals surface area (Å²) in [5.41, 5.74) is 0. The number of rotatable bonds is 2. The Kier molecular flexibility index (Phi) is 3.21. The van der Waals surface area contributed by atoms with E-state index < -0.39 is 9.78 Å². The number of carbonyl (C=O) groups excluding carboxylic acids is 1. The van der Waals surface area contributed by atoms with Gasteiger partial charge < -0.3 is 9.90 Å². The van der Waals surface area contributed by atoms with Crippen molar-refractivity contribution in [1.29, 1.82) is 0 Å². The van der Waals surface area contributed by atoms with Crippen LogP contribution >= 0.6 is 23.6 Å². The molecule has 0 aromatic rings. The summed E-state index contributed by atoms with van der Waals surface area (Å²) in [7, 11) is 0. The van der Waals surface area contributed by atoms with Gasteiger partial charge in [0, 0.05) is 0 Å². The van der Waals surface area contributed by atoms with Crippen LogP contribution in [0.4, 0.5) is 4.79 Å². The maximum Gasteiger partial charge on any atom is 0.332 e. The third-order valence-electron chi connectivity index (χ3n) is 0.504. The van der Waals surface area contributed by atoms with Crippen molar-refractivity contribution >= 4 is 29.6 Å². The van der Waals surface area contributed by atoms with Crippen LogP contribution in [0.25, 0.3) is 0 Å². The SMILES string of the molecule is CCO[N+](Cl)(Cl)C(=O)[O-]. The first-order chi connectivity index (χ1) is 4.00. The van der Waals surface area contributed by atoms with Gasteiger partial charge in [-0.05, 0) is 6.92 Å². The van der Waals surface area contributed by atoms with Crippen molar-refractivity contribution in [2.24, 2.45) is 0 Å². The van der Waals surface area contributed by atoms with Crippen molar-refractivity contribution in [1.82, 2.24) is 0 Å². The number of amides is 1. The Balaban J connectivity index is 3.85. The predicted octanol–water partition coefficient (Wildman–Crippen LogP) is 0.406. The first kappa shape index (κ1) is 8.97. The lowest BCUT2D eigenvalue weighted by Crippen LogP contribution is -2.44. The molecule has 0 radical (unpaired) electrons. The second-order valence-corrected chi connectivity index (χ2v) is 2.27. The first-order valence-electron chi connectivity index (χ1n) is 2.15. The monoisotopic (exact) mass is 173 g/mol. The maximum atomic E-state index is 9.88. The molecule has 6 heteroatoms. The standard InChI is InChI=1S/C3H5Cl2NO3/c1-2-9-6(4,5)3(7)8/h2H2,1H3. The number of nitrogens with zero attached hydrogens (tertiary/aromatic N) is 1. The lowest BCUT2D eigenvalue weighted by Gasteiger charge is -2.13. The molecule has 0 N–H and O–H groups in total. The molecule has 1 amide bonds. The van der Waals surface area contributed by atoms with Crippen LogP contribution < -0.4 is 5.11 Å². The molecule has 0 aliphatic carbocycles. The Morgan fingerprint density at radius 1 is 1.78 bits per heavy atom. The van der Waals surface area contributed by atoms with E-state index in [1.165, 1.54) is 0 Å². The van der Waals surface area contributed by atoms with Crippen LogP contribution in [-0.2, 0) is 4.84 Å². The number of hydroxylamine groups is 1. The predicted molar refractivity (Wildman–Crippen MR) is 29.0 cm³/mol. The number of hydrogen-bond donors (Lipinski definition) is 0. The van der Waals surface area contributed by atoms with Gasteiger partial charge in [0.05, 0.1) is 3.68 Å².